The fraction of sp³-hybridized carbons (Fsp3) is 0.538. The number of fused-ring (bicyclic) bond motifs is 1. The Labute approximate surface area is 101 Å². The highest BCUT2D eigenvalue weighted by molar-refractivity contribution is 5.89. The highest BCUT2D eigenvalue weighted by Gasteiger charge is 2.20. The number of carboxylic acids is 1. The standard InChI is InChI=1S/C13H17NO3/c1-8(2)5-9-6-11(13(15)16)10-3-4-17-7-12(10)14-9/h6,8H,3-5,7H2,1-2H3,(H,15,16). The number of aromatic nitrogens is 1. The van der Waals surface area contributed by atoms with Crippen LogP contribution in [-0.2, 0) is 24.2 Å². The summed E-state index contributed by atoms with van der Waals surface area (Å²) in [6.45, 7) is 5.20. The van der Waals surface area contributed by atoms with Crippen LogP contribution in [0.1, 0.15) is 41.2 Å². The van der Waals surface area contributed by atoms with Crippen molar-refractivity contribution in [2.24, 2.45) is 5.92 Å². The summed E-state index contributed by atoms with van der Waals surface area (Å²) in [5, 5.41) is 9.23. The second-order valence-electron chi connectivity index (χ2n) is 4.79. The van der Waals surface area contributed by atoms with Crippen LogP contribution in [0.25, 0.3) is 0 Å². The number of pyridine rings is 1. The lowest BCUT2D eigenvalue weighted by Crippen LogP contribution is -2.18. The zero-order valence-electron chi connectivity index (χ0n) is 10.2. The molecule has 4 heteroatoms. The first-order valence-electron chi connectivity index (χ1n) is 5.90. The Kier molecular flexibility index (Phi) is 3.43. The second kappa shape index (κ2) is 4.84. The Balaban J connectivity index is 2.44. The molecular weight excluding hydrogens is 218 g/mol. The molecule has 0 saturated heterocycles. The molecule has 1 aromatic rings. The summed E-state index contributed by atoms with van der Waals surface area (Å²) in [6.07, 6.45) is 1.44. The van der Waals surface area contributed by atoms with Crippen LogP contribution < -0.4 is 0 Å². The van der Waals surface area contributed by atoms with Crippen LogP contribution in [0.15, 0.2) is 6.07 Å². The van der Waals surface area contributed by atoms with Crippen LogP contribution in [0.5, 0.6) is 0 Å². The fourth-order valence-electron chi connectivity index (χ4n) is 2.14. The lowest BCUT2D eigenvalue weighted by Gasteiger charge is -2.19. The molecule has 0 radical (unpaired) electrons. The van der Waals surface area contributed by atoms with Crippen LogP contribution in [0, 0.1) is 5.92 Å². The van der Waals surface area contributed by atoms with E-state index in [2.05, 4.69) is 18.8 Å². The number of nitrogens with zero attached hydrogens (tertiary/aromatic N) is 1. The van der Waals surface area contributed by atoms with Crippen molar-refractivity contribution in [3.8, 4) is 0 Å². The average molecular weight is 235 g/mol. The minimum atomic E-state index is -0.865. The Bertz CT molecular complexity index is 441. The van der Waals surface area contributed by atoms with Gasteiger partial charge in [-0.25, -0.2) is 4.79 Å². The third kappa shape index (κ3) is 2.64. The molecule has 0 aromatic carbocycles. The third-order valence-corrected chi connectivity index (χ3v) is 2.85. The van der Waals surface area contributed by atoms with Crippen molar-refractivity contribution in [1.29, 1.82) is 0 Å². The van der Waals surface area contributed by atoms with Crippen molar-refractivity contribution >= 4 is 5.97 Å². The monoisotopic (exact) mass is 235 g/mol. The summed E-state index contributed by atoms with van der Waals surface area (Å²) in [5.41, 5.74) is 2.89. The maximum atomic E-state index is 11.2. The van der Waals surface area contributed by atoms with Crippen molar-refractivity contribution in [2.45, 2.75) is 33.3 Å². The molecule has 2 heterocycles. The van der Waals surface area contributed by atoms with Crippen molar-refractivity contribution in [1.82, 2.24) is 4.98 Å². The van der Waals surface area contributed by atoms with Gasteiger partial charge in [0.2, 0.25) is 0 Å². The molecular formula is C13H17NO3. The maximum Gasteiger partial charge on any atom is 0.336 e. The summed E-state index contributed by atoms with van der Waals surface area (Å²) in [6, 6.07) is 1.71. The predicted octanol–water partition coefficient (Wildman–Crippen LogP) is 2.05. The second-order valence-corrected chi connectivity index (χ2v) is 4.79. The molecule has 1 aliphatic heterocycles. The molecule has 17 heavy (non-hydrogen) atoms. The normalized spacial score (nSPS) is 14.8. The van der Waals surface area contributed by atoms with Crippen molar-refractivity contribution in [3.63, 3.8) is 0 Å². The van der Waals surface area contributed by atoms with E-state index in [9.17, 15) is 9.90 Å². The number of carboxylic acid groups (broad SMARTS) is 1. The van der Waals surface area contributed by atoms with Gasteiger partial charge in [-0.3, -0.25) is 4.98 Å². The molecule has 92 valence electrons. The van der Waals surface area contributed by atoms with E-state index < -0.39 is 5.97 Å². The van der Waals surface area contributed by atoms with Crippen LogP contribution in [0.2, 0.25) is 0 Å². The first kappa shape index (κ1) is 12.0. The van der Waals surface area contributed by atoms with Crippen molar-refractivity contribution in [2.75, 3.05) is 6.61 Å². The maximum absolute atomic E-state index is 11.2. The lowest BCUT2D eigenvalue weighted by atomic mass is 9.98. The lowest BCUT2D eigenvalue weighted by molar-refractivity contribution is 0.0688. The first-order valence-corrected chi connectivity index (χ1v) is 5.90. The minimum Gasteiger partial charge on any atom is -0.478 e. The highest BCUT2D eigenvalue weighted by Crippen LogP contribution is 2.21. The summed E-state index contributed by atoms with van der Waals surface area (Å²) in [7, 11) is 0. The smallest absolute Gasteiger partial charge is 0.336 e. The van der Waals surface area contributed by atoms with Crippen molar-refractivity contribution in [3.05, 3.63) is 28.6 Å². The number of hydrogen-bond acceptors (Lipinski definition) is 3. The molecule has 0 spiro atoms. The van der Waals surface area contributed by atoms with Gasteiger partial charge in [-0.05, 0) is 30.4 Å². The van der Waals surface area contributed by atoms with E-state index in [1.807, 2.05) is 0 Å². The summed E-state index contributed by atoms with van der Waals surface area (Å²) >= 11 is 0. The van der Waals surface area contributed by atoms with E-state index in [-0.39, 0.29) is 0 Å². The largest absolute Gasteiger partial charge is 0.478 e. The molecule has 0 fully saturated rings. The van der Waals surface area contributed by atoms with E-state index in [0.717, 1.165) is 23.4 Å². The van der Waals surface area contributed by atoms with E-state index in [1.165, 1.54) is 0 Å². The van der Waals surface area contributed by atoms with Crippen LogP contribution >= 0.6 is 0 Å². The number of hydrogen-bond donors (Lipinski definition) is 1. The van der Waals surface area contributed by atoms with Crippen LogP contribution in [0.3, 0.4) is 0 Å². The van der Waals surface area contributed by atoms with Crippen molar-refractivity contribution < 1.29 is 14.6 Å². The van der Waals surface area contributed by atoms with E-state index in [4.69, 9.17) is 4.74 Å². The summed E-state index contributed by atoms with van der Waals surface area (Å²) in [5.74, 6) is -0.401. The van der Waals surface area contributed by atoms with Crippen LogP contribution in [0.4, 0.5) is 0 Å². The molecule has 1 N–H and O–H groups in total. The summed E-state index contributed by atoms with van der Waals surface area (Å²) in [4.78, 5) is 15.8. The van der Waals surface area contributed by atoms with E-state index in [1.54, 1.807) is 6.07 Å². The van der Waals surface area contributed by atoms with Gasteiger partial charge in [0.25, 0.3) is 0 Å². The van der Waals surface area contributed by atoms with Gasteiger partial charge in [-0.2, -0.15) is 0 Å². The molecule has 1 aliphatic rings. The van der Waals surface area contributed by atoms with Gasteiger partial charge in [0.05, 0.1) is 24.5 Å². The molecule has 2 rings (SSSR count). The SMILES string of the molecule is CC(C)Cc1cc(C(=O)O)c2c(n1)COCC2. The zero-order valence-corrected chi connectivity index (χ0v) is 10.2. The van der Waals surface area contributed by atoms with E-state index >= 15 is 0 Å². The van der Waals surface area contributed by atoms with Gasteiger partial charge >= 0.3 is 5.97 Å². The molecule has 4 nitrogen and oxygen atoms in total. The Morgan fingerprint density at radius 3 is 3.00 bits per heavy atom. The number of rotatable bonds is 3. The van der Waals surface area contributed by atoms with Gasteiger partial charge in [0.15, 0.2) is 0 Å². The Morgan fingerprint density at radius 1 is 1.59 bits per heavy atom. The molecule has 0 aliphatic carbocycles. The third-order valence-electron chi connectivity index (χ3n) is 2.85. The first-order chi connectivity index (χ1) is 8.08. The molecule has 0 amide bonds. The zero-order chi connectivity index (χ0) is 12.4. The summed E-state index contributed by atoms with van der Waals surface area (Å²) < 4.78 is 5.34. The molecule has 1 aromatic heterocycles. The van der Waals surface area contributed by atoms with Gasteiger partial charge < -0.3 is 9.84 Å². The minimum absolute atomic E-state index is 0.397. The predicted molar refractivity (Wildman–Crippen MR) is 63.1 cm³/mol. The highest BCUT2D eigenvalue weighted by atomic mass is 16.5. The van der Waals surface area contributed by atoms with E-state index in [0.29, 0.717) is 31.1 Å². The topological polar surface area (TPSA) is 59.4 Å². The van der Waals surface area contributed by atoms with Gasteiger partial charge in [-0.1, -0.05) is 13.8 Å². The van der Waals surface area contributed by atoms with Gasteiger partial charge in [0, 0.05) is 5.69 Å². The molecule has 0 unspecified atom stereocenters. The average Bonchev–Trinajstić information content (AvgIpc) is 2.27. The number of carbonyl (C=O) groups is 1. The van der Waals surface area contributed by atoms with Gasteiger partial charge in [-0.15, -0.1) is 0 Å². The molecule has 0 saturated carbocycles. The Hall–Kier alpha value is -1.42. The molecule has 0 bridgehead atoms. The fourth-order valence-corrected chi connectivity index (χ4v) is 2.14. The molecule has 0 atom stereocenters. The van der Waals surface area contributed by atoms with Gasteiger partial charge in [0.1, 0.15) is 0 Å². The number of aromatic carboxylic acids is 1. The Morgan fingerprint density at radius 2 is 2.35 bits per heavy atom. The number of ether oxygens (including phenoxy) is 1. The quantitative estimate of drug-likeness (QED) is 0.871. The van der Waals surface area contributed by atoms with Crippen LogP contribution in [-0.4, -0.2) is 22.7 Å².